The van der Waals surface area contributed by atoms with Crippen LogP contribution in [-0.4, -0.2) is 36.9 Å². The lowest BCUT2D eigenvalue weighted by Crippen LogP contribution is -2.38. The number of carbonyl (C=O) groups is 1. The molecule has 0 radical (unpaired) electrons. The number of halogens is 3. The van der Waals surface area contributed by atoms with Crippen LogP contribution in [-0.2, 0) is 12.6 Å². The number of rotatable bonds is 3. The maximum atomic E-state index is 13.6. The lowest BCUT2D eigenvalue weighted by Gasteiger charge is -2.34. The molecule has 3 aromatic heterocycles. The van der Waals surface area contributed by atoms with Crippen molar-refractivity contribution in [2.75, 3.05) is 6.54 Å². The summed E-state index contributed by atoms with van der Waals surface area (Å²) in [6, 6.07) is 2.11. The molecule has 10 heteroatoms. The Morgan fingerprint density at radius 1 is 1.23 bits per heavy atom. The Bertz CT molecular complexity index is 1100. The zero-order valence-corrected chi connectivity index (χ0v) is 17.0. The van der Waals surface area contributed by atoms with Crippen LogP contribution in [0.4, 0.5) is 13.2 Å². The summed E-state index contributed by atoms with van der Waals surface area (Å²) in [5.74, 6) is 0.224. The number of hydrogen-bond donors (Lipinski definition) is 0. The number of carbonyl (C=O) groups excluding carboxylic acids is 1. The highest BCUT2D eigenvalue weighted by Crippen LogP contribution is 2.35. The quantitative estimate of drug-likeness (QED) is 0.631. The fourth-order valence-electron chi connectivity index (χ4n) is 3.93. The van der Waals surface area contributed by atoms with Crippen LogP contribution in [0, 0.1) is 13.8 Å². The molecule has 1 fully saturated rings. The van der Waals surface area contributed by atoms with Crippen molar-refractivity contribution in [3.63, 3.8) is 0 Å². The minimum Gasteiger partial charge on any atom is -0.436 e. The fraction of sp³-hybridized carbons (Fsp3) is 0.500. The standard InChI is InChI=1S/C20H22F3N5O2/c1-4-13-9-16(20(21,22)23)28-17(25-13)10-14(26-28)15-7-5-6-8-27(15)19(29)18-11(2)24-12(3)30-18/h9-10,15H,4-8H2,1-3H3. The summed E-state index contributed by atoms with van der Waals surface area (Å²) in [4.78, 5) is 23.2. The molecule has 4 heterocycles. The SMILES string of the molecule is CCc1cc(C(F)(F)F)n2nc(C3CCCCN3C(=O)c3oc(C)nc3C)cc2n1. The molecule has 0 bridgehead atoms. The van der Waals surface area contributed by atoms with Crippen molar-refractivity contribution in [3.8, 4) is 0 Å². The summed E-state index contributed by atoms with van der Waals surface area (Å²) in [5.41, 5.74) is 0.478. The molecule has 3 aromatic rings. The van der Waals surface area contributed by atoms with E-state index < -0.39 is 17.9 Å². The Balaban J connectivity index is 1.77. The van der Waals surface area contributed by atoms with Crippen molar-refractivity contribution in [1.29, 1.82) is 0 Å². The predicted octanol–water partition coefficient (Wildman–Crippen LogP) is 4.28. The van der Waals surface area contributed by atoms with Crippen molar-refractivity contribution < 1.29 is 22.4 Å². The third-order valence-corrected chi connectivity index (χ3v) is 5.35. The summed E-state index contributed by atoms with van der Waals surface area (Å²) in [6.07, 6.45) is -1.95. The van der Waals surface area contributed by atoms with Gasteiger partial charge >= 0.3 is 6.18 Å². The zero-order valence-electron chi connectivity index (χ0n) is 17.0. The molecule has 1 amide bonds. The molecule has 1 atom stereocenters. The number of oxazole rings is 1. The first-order chi connectivity index (χ1) is 14.2. The molecule has 0 spiro atoms. The maximum Gasteiger partial charge on any atom is 0.433 e. The van der Waals surface area contributed by atoms with Crippen molar-refractivity contribution in [3.05, 3.63) is 46.6 Å². The topological polar surface area (TPSA) is 76.5 Å². The molecule has 0 aliphatic carbocycles. The number of aryl methyl sites for hydroxylation is 3. The molecule has 4 rings (SSSR count). The molecule has 7 nitrogen and oxygen atoms in total. The molecule has 1 unspecified atom stereocenters. The van der Waals surface area contributed by atoms with Gasteiger partial charge in [0.05, 0.1) is 17.4 Å². The Labute approximate surface area is 170 Å². The summed E-state index contributed by atoms with van der Waals surface area (Å²) < 4.78 is 47.1. The van der Waals surface area contributed by atoms with Gasteiger partial charge in [-0.25, -0.2) is 14.5 Å². The Kier molecular flexibility index (Phi) is 5.03. The summed E-state index contributed by atoms with van der Waals surface area (Å²) >= 11 is 0. The normalized spacial score (nSPS) is 17.7. The van der Waals surface area contributed by atoms with Crippen LogP contribution in [0.15, 0.2) is 16.5 Å². The van der Waals surface area contributed by atoms with Gasteiger partial charge in [-0.1, -0.05) is 6.92 Å². The number of fused-ring (bicyclic) bond motifs is 1. The highest BCUT2D eigenvalue weighted by atomic mass is 19.4. The second kappa shape index (κ2) is 7.41. The van der Waals surface area contributed by atoms with Gasteiger partial charge in [0.25, 0.3) is 5.91 Å². The fourth-order valence-corrected chi connectivity index (χ4v) is 3.93. The summed E-state index contributed by atoms with van der Waals surface area (Å²) in [7, 11) is 0. The minimum atomic E-state index is -4.56. The molecule has 160 valence electrons. The Morgan fingerprint density at radius 2 is 2.00 bits per heavy atom. The monoisotopic (exact) mass is 421 g/mol. The van der Waals surface area contributed by atoms with E-state index in [0.717, 1.165) is 23.4 Å². The maximum absolute atomic E-state index is 13.6. The second-order valence-electron chi connectivity index (χ2n) is 7.48. The van der Waals surface area contributed by atoms with E-state index in [0.29, 0.717) is 42.4 Å². The highest BCUT2D eigenvalue weighted by molar-refractivity contribution is 5.92. The van der Waals surface area contributed by atoms with E-state index in [1.165, 1.54) is 0 Å². The van der Waals surface area contributed by atoms with Crippen molar-refractivity contribution in [2.45, 2.75) is 58.7 Å². The first kappa shape index (κ1) is 20.4. The van der Waals surface area contributed by atoms with E-state index in [1.54, 1.807) is 31.7 Å². The number of likely N-dealkylation sites (tertiary alicyclic amines) is 1. The van der Waals surface area contributed by atoms with Crippen LogP contribution in [0.25, 0.3) is 5.65 Å². The van der Waals surface area contributed by atoms with Gasteiger partial charge in [-0.3, -0.25) is 4.79 Å². The third-order valence-electron chi connectivity index (χ3n) is 5.35. The number of piperidine rings is 1. The van der Waals surface area contributed by atoms with Gasteiger partial charge in [0.1, 0.15) is 5.69 Å². The van der Waals surface area contributed by atoms with Gasteiger partial charge in [0.2, 0.25) is 5.76 Å². The molecular weight excluding hydrogens is 399 g/mol. The van der Waals surface area contributed by atoms with Crippen molar-refractivity contribution >= 4 is 11.6 Å². The first-order valence-electron chi connectivity index (χ1n) is 9.90. The van der Waals surface area contributed by atoms with E-state index >= 15 is 0 Å². The van der Waals surface area contributed by atoms with E-state index in [2.05, 4.69) is 15.1 Å². The zero-order chi connectivity index (χ0) is 21.6. The second-order valence-corrected chi connectivity index (χ2v) is 7.48. The van der Waals surface area contributed by atoms with Crippen LogP contribution in [0.1, 0.15) is 71.4 Å². The molecule has 30 heavy (non-hydrogen) atoms. The van der Waals surface area contributed by atoms with E-state index in [9.17, 15) is 18.0 Å². The van der Waals surface area contributed by atoms with E-state index in [-0.39, 0.29) is 17.3 Å². The number of hydrogen-bond acceptors (Lipinski definition) is 5. The molecule has 0 aromatic carbocycles. The molecule has 1 saturated heterocycles. The van der Waals surface area contributed by atoms with E-state index in [1.807, 2.05) is 0 Å². The van der Waals surface area contributed by atoms with Gasteiger partial charge < -0.3 is 9.32 Å². The van der Waals surface area contributed by atoms with Gasteiger partial charge in [-0.15, -0.1) is 0 Å². The average Bonchev–Trinajstić information content (AvgIpc) is 3.28. The van der Waals surface area contributed by atoms with Crippen LogP contribution < -0.4 is 0 Å². The average molecular weight is 421 g/mol. The Hall–Kier alpha value is -2.91. The van der Waals surface area contributed by atoms with Gasteiger partial charge in [-0.2, -0.15) is 18.3 Å². The predicted molar refractivity (Wildman–Crippen MR) is 101 cm³/mol. The first-order valence-corrected chi connectivity index (χ1v) is 9.90. The van der Waals surface area contributed by atoms with E-state index in [4.69, 9.17) is 4.42 Å². The summed E-state index contributed by atoms with van der Waals surface area (Å²) in [6.45, 7) is 5.57. The van der Waals surface area contributed by atoms with Crippen LogP contribution in [0.5, 0.6) is 0 Å². The van der Waals surface area contributed by atoms with Crippen LogP contribution in [0.3, 0.4) is 0 Å². The van der Waals surface area contributed by atoms with Crippen LogP contribution in [0.2, 0.25) is 0 Å². The van der Waals surface area contributed by atoms with Crippen molar-refractivity contribution in [2.24, 2.45) is 0 Å². The molecular formula is C20H22F3N5O2. The molecule has 1 aliphatic rings. The third kappa shape index (κ3) is 3.54. The lowest BCUT2D eigenvalue weighted by atomic mass is 9.99. The summed E-state index contributed by atoms with van der Waals surface area (Å²) in [5, 5.41) is 4.23. The number of amides is 1. The number of alkyl halides is 3. The molecule has 1 aliphatic heterocycles. The number of nitrogens with zero attached hydrogens (tertiary/aromatic N) is 5. The smallest absolute Gasteiger partial charge is 0.433 e. The van der Waals surface area contributed by atoms with Gasteiger partial charge in [-0.05, 0) is 38.7 Å². The van der Waals surface area contributed by atoms with Gasteiger partial charge in [0, 0.05) is 25.2 Å². The minimum absolute atomic E-state index is 0.126. The van der Waals surface area contributed by atoms with Gasteiger partial charge in [0.15, 0.2) is 11.5 Å². The largest absolute Gasteiger partial charge is 0.436 e. The molecule has 0 N–H and O–H groups in total. The Morgan fingerprint density at radius 3 is 2.63 bits per heavy atom. The number of aromatic nitrogens is 4. The molecule has 0 saturated carbocycles. The van der Waals surface area contributed by atoms with Crippen molar-refractivity contribution in [1.82, 2.24) is 24.5 Å². The lowest BCUT2D eigenvalue weighted by molar-refractivity contribution is -0.142. The van der Waals surface area contributed by atoms with Crippen LogP contribution >= 0.6 is 0 Å². The highest BCUT2D eigenvalue weighted by Gasteiger charge is 2.37.